The summed E-state index contributed by atoms with van der Waals surface area (Å²) in [5.74, 6) is -0.206. The third kappa shape index (κ3) is 4.61. The topological polar surface area (TPSA) is 66.5 Å². The summed E-state index contributed by atoms with van der Waals surface area (Å²) in [6, 6.07) is 4.93. The van der Waals surface area contributed by atoms with Crippen molar-refractivity contribution < 1.29 is 13.2 Å². The number of carbonyl (C=O) groups is 1. The van der Waals surface area contributed by atoms with Crippen molar-refractivity contribution in [1.29, 1.82) is 0 Å². The van der Waals surface area contributed by atoms with Crippen LogP contribution in [-0.2, 0) is 10.0 Å². The van der Waals surface area contributed by atoms with Crippen molar-refractivity contribution in [3.05, 3.63) is 29.3 Å². The lowest BCUT2D eigenvalue weighted by atomic mass is 10.1. The number of amides is 1. The minimum Gasteiger partial charge on any atom is -0.350 e. The molecule has 0 unspecified atom stereocenters. The van der Waals surface area contributed by atoms with Gasteiger partial charge in [0.15, 0.2) is 0 Å². The molecule has 1 saturated heterocycles. The first kappa shape index (κ1) is 19.9. The number of sulfonamides is 1. The predicted octanol–water partition coefficient (Wildman–Crippen LogP) is 3.48. The molecule has 1 amide bonds. The number of aryl methyl sites for hydroxylation is 1. The molecule has 25 heavy (non-hydrogen) atoms. The summed E-state index contributed by atoms with van der Waals surface area (Å²) >= 11 is 0. The Bertz CT molecular complexity index is 715. The van der Waals surface area contributed by atoms with E-state index in [4.69, 9.17) is 0 Å². The highest BCUT2D eigenvalue weighted by atomic mass is 32.2. The van der Waals surface area contributed by atoms with E-state index < -0.39 is 10.0 Å². The van der Waals surface area contributed by atoms with Crippen molar-refractivity contribution >= 4 is 15.9 Å². The van der Waals surface area contributed by atoms with E-state index in [1.54, 1.807) is 16.4 Å². The number of benzene rings is 1. The van der Waals surface area contributed by atoms with Crippen LogP contribution in [0.2, 0.25) is 0 Å². The molecule has 0 radical (unpaired) electrons. The Morgan fingerprint density at radius 1 is 1.36 bits per heavy atom. The number of nitrogens with one attached hydrogen (secondary N) is 1. The molecule has 0 spiro atoms. The van der Waals surface area contributed by atoms with Crippen molar-refractivity contribution in [2.75, 3.05) is 6.54 Å². The molecule has 140 valence electrons. The van der Waals surface area contributed by atoms with E-state index >= 15 is 0 Å². The van der Waals surface area contributed by atoms with Crippen molar-refractivity contribution in [3.8, 4) is 0 Å². The molecule has 1 aliphatic heterocycles. The Labute approximate surface area is 151 Å². The quantitative estimate of drug-likeness (QED) is 0.838. The van der Waals surface area contributed by atoms with Crippen LogP contribution < -0.4 is 5.32 Å². The lowest BCUT2D eigenvalue weighted by Gasteiger charge is -2.32. The van der Waals surface area contributed by atoms with Crippen LogP contribution >= 0.6 is 0 Å². The zero-order valence-electron chi connectivity index (χ0n) is 15.7. The third-order valence-electron chi connectivity index (χ3n) is 4.90. The molecule has 1 aliphatic rings. The van der Waals surface area contributed by atoms with Crippen molar-refractivity contribution in [3.63, 3.8) is 0 Å². The number of piperidine rings is 1. The molecule has 0 saturated carbocycles. The average Bonchev–Trinajstić information content (AvgIpc) is 2.55. The SMILES string of the molecule is CCC[C@H](C)NC(=O)c1cc(S(=O)(=O)N2CCCC[C@H]2C)ccc1C. The van der Waals surface area contributed by atoms with Crippen molar-refractivity contribution in [2.45, 2.75) is 76.8 Å². The zero-order chi connectivity index (χ0) is 18.6. The molecule has 2 atom stereocenters. The first-order chi connectivity index (χ1) is 11.8. The van der Waals surface area contributed by atoms with Gasteiger partial charge in [-0.2, -0.15) is 4.31 Å². The fourth-order valence-electron chi connectivity index (χ4n) is 3.38. The lowest BCUT2D eigenvalue weighted by molar-refractivity contribution is 0.0937. The molecule has 5 nitrogen and oxygen atoms in total. The second-order valence-electron chi connectivity index (χ2n) is 7.10. The lowest BCUT2D eigenvalue weighted by Crippen LogP contribution is -2.42. The molecular formula is C19H30N2O3S. The van der Waals surface area contributed by atoms with Crippen LogP contribution in [0.25, 0.3) is 0 Å². The van der Waals surface area contributed by atoms with E-state index in [1.807, 2.05) is 20.8 Å². The number of nitrogens with zero attached hydrogens (tertiary/aromatic N) is 1. The fourth-order valence-corrected chi connectivity index (χ4v) is 5.10. The van der Waals surface area contributed by atoms with Crippen LogP contribution in [0.1, 0.15) is 68.8 Å². The van der Waals surface area contributed by atoms with Crippen LogP contribution in [-0.4, -0.2) is 37.3 Å². The molecule has 2 rings (SSSR count). The van der Waals surface area contributed by atoms with Gasteiger partial charge in [0.2, 0.25) is 10.0 Å². The third-order valence-corrected chi connectivity index (χ3v) is 6.91. The first-order valence-corrected chi connectivity index (χ1v) is 10.6. The van der Waals surface area contributed by atoms with Crippen LogP contribution in [0, 0.1) is 6.92 Å². The van der Waals surface area contributed by atoms with Gasteiger partial charge in [0.1, 0.15) is 0 Å². The van der Waals surface area contributed by atoms with Crippen LogP contribution in [0.4, 0.5) is 0 Å². The van der Waals surface area contributed by atoms with Crippen molar-refractivity contribution in [1.82, 2.24) is 9.62 Å². The molecule has 6 heteroatoms. The summed E-state index contributed by atoms with van der Waals surface area (Å²) in [6.07, 6.45) is 4.71. The van der Waals surface area contributed by atoms with Gasteiger partial charge in [0, 0.05) is 24.2 Å². The number of carbonyl (C=O) groups excluding carboxylic acids is 1. The summed E-state index contributed by atoms with van der Waals surface area (Å²) in [5, 5.41) is 2.96. The van der Waals surface area contributed by atoms with Gasteiger partial charge in [0.05, 0.1) is 4.90 Å². The largest absolute Gasteiger partial charge is 0.350 e. The molecule has 1 aromatic carbocycles. The minimum atomic E-state index is -3.57. The predicted molar refractivity (Wildman–Crippen MR) is 100 cm³/mol. The monoisotopic (exact) mass is 366 g/mol. The van der Waals surface area contributed by atoms with Gasteiger partial charge in [-0.1, -0.05) is 25.8 Å². The van der Waals surface area contributed by atoms with Crippen LogP contribution in [0.15, 0.2) is 23.1 Å². The average molecular weight is 367 g/mol. The summed E-state index contributed by atoms with van der Waals surface area (Å²) in [7, 11) is -3.57. The fraction of sp³-hybridized carbons (Fsp3) is 0.632. The van der Waals surface area contributed by atoms with Gasteiger partial charge in [-0.05, 0) is 57.7 Å². The molecule has 0 aliphatic carbocycles. The van der Waals surface area contributed by atoms with E-state index in [-0.39, 0.29) is 22.9 Å². The van der Waals surface area contributed by atoms with Gasteiger partial charge in [-0.25, -0.2) is 8.42 Å². The Morgan fingerprint density at radius 3 is 2.72 bits per heavy atom. The molecule has 0 bridgehead atoms. The van der Waals surface area contributed by atoms with Gasteiger partial charge >= 0.3 is 0 Å². The summed E-state index contributed by atoms with van der Waals surface area (Å²) in [4.78, 5) is 12.8. The van der Waals surface area contributed by atoms with Gasteiger partial charge in [-0.3, -0.25) is 4.79 Å². The van der Waals surface area contributed by atoms with E-state index in [0.717, 1.165) is 37.7 Å². The minimum absolute atomic E-state index is 0.00176. The molecule has 1 aromatic rings. The van der Waals surface area contributed by atoms with Crippen molar-refractivity contribution in [2.24, 2.45) is 0 Å². The maximum absolute atomic E-state index is 13.0. The van der Waals surface area contributed by atoms with Crippen LogP contribution in [0.3, 0.4) is 0 Å². The highest BCUT2D eigenvalue weighted by Gasteiger charge is 2.31. The van der Waals surface area contributed by atoms with E-state index in [9.17, 15) is 13.2 Å². The highest BCUT2D eigenvalue weighted by molar-refractivity contribution is 7.89. The second kappa shape index (κ2) is 8.32. The van der Waals surface area contributed by atoms with Gasteiger partial charge in [-0.15, -0.1) is 0 Å². The smallest absolute Gasteiger partial charge is 0.251 e. The second-order valence-corrected chi connectivity index (χ2v) is 8.99. The number of rotatable bonds is 6. The summed E-state index contributed by atoms with van der Waals surface area (Å²) < 4.78 is 27.6. The van der Waals surface area contributed by atoms with E-state index in [1.165, 1.54) is 6.07 Å². The first-order valence-electron chi connectivity index (χ1n) is 9.20. The number of hydrogen-bond acceptors (Lipinski definition) is 3. The van der Waals surface area contributed by atoms with Crippen LogP contribution in [0.5, 0.6) is 0 Å². The normalized spacial score (nSPS) is 20.2. The number of hydrogen-bond donors (Lipinski definition) is 1. The molecule has 1 fully saturated rings. The van der Waals surface area contributed by atoms with E-state index in [2.05, 4.69) is 12.2 Å². The summed E-state index contributed by atoms with van der Waals surface area (Å²) in [6.45, 7) is 8.37. The Balaban J connectivity index is 2.30. The Hall–Kier alpha value is -1.40. The Morgan fingerprint density at radius 2 is 2.08 bits per heavy atom. The summed E-state index contributed by atoms with van der Waals surface area (Å²) in [5.41, 5.74) is 1.22. The standard InChI is InChI=1S/C19H30N2O3S/c1-5-8-15(3)20-19(22)18-13-17(11-10-14(18)2)25(23,24)21-12-7-6-9-16(21)4/h10-11,13,15-16H,5-9,12H2,1-4H3,(H,20,22)/t15-,16+/m0/s1. The molecule has 0 aromatic heterocycles. The molecule has 1 heterocycles. The maximum atomic E-state index is 13.0. The van der Waals surface area contributed by atoms with Gasteiger partial charge < -0.3 is 5.32 Å². The maximum Gasteiger partial charge on any atom is 0.251 e. The molecule has 1 N–H and O–H groups in total. The van der Waals surface area contributed by atoms with Gasteiger partial charge in [0.25, 0.3) is 5.91 Å². The van der Waals surface area contributed by atoms with E-state index in [0.29, 0.717) is 12.1 Å². The zero-order valence-corrected chi connectivity index (χ0v) is 16.5. The highest BCUT2D eigenvalue weighted by Crippen LogP contribution is 2.26. The Kier molecular flexibility index (Phi) is 6.63. The molecular weight excluding hydrogens is 336 g/mol.